The molecule has 0 radical (unpaired) electrons. The van der Waals surface area contributed by atoms with Gasteiger partial charge in [0.1, 0.15) is 0 Å². The Balaban J connectivity index is 2.19. The quantitative estimate of drug-likeness (QED) is 0.693. The molecule has 0 unspecified atom stereocenters. The minimum absolute atomic E-state index is 0.274. The summed E-state index contributed by atoms with van der Waals surface area (Å²) in [5.74, 6) is 0.274. The van der Waals surface area contributed by atoms with Crippen LogP contribution in [0.5, 0.6) is 0 Å². The molecule has 0 aromatic heterocycles. The predicted octanol–water partition coefficient (Wildman–Crippen LogP) is 0.705. The smallest absolute Gasteiger partial charge is 0.223 e. The van der Waals surface area contributed by atoms with Crippen molar-refractivity contribution in [3.8, 4) is 0 Å². The van der Waals surface area contributed by atoms with Gasteiger partial charge in [-0.25, -0.2) is 0 Å². The van der Waals surface area contributed by atoms with Gasteiger partial charge in [-0.2, -0.15) is 0 Å². The zero-order valence-electron chi connectivity index (χ0n) is 11.1. The van der Waals surface area contributed by atoms with E-state index in [1.807, 2.05) is 11.0 Å². The van der Waals surface area contributed by atoms with Crippen molar-refractivity contribution in [2.24, 2.45) is 0 Å². The van der Waals surface area contributed by atoms with E-state index < -0.39 is 0 Å². The number of nitrogens with one attached hydrogen (secondary N) is 1. The Morgan fingerprint density at radius 1 is 1.35 bits per heavy atom. The molecule has 0 spiro atoms. The summed E-state index contributed by atoms with van der Waals surface area (Å²) in [6.45, 7) is 13.3. The highest BCUT2D eigenvalue weighted by molar-refractivity contribution is 5.76. The summed E-state index contributed by atoms with van der Waals surface area (Å²) in [4.78, 5) is 16.2. The molecule has 4 heteroatoms. The van der Waals surface area contributed by atoms with Crippen LogP contribution in [-0.4, -0.2) is 61.0 Å². The minimum Gasteiger partial charge on any atom is -0.340 e. The van der Waals surface area contributed by atoms with Gasteiger partial charge in [-0.1, -0.05) is 19.9 Å². The lowest BCUT2D eigenvalue weighted by molar-refractivity contribution is -0.132. The van der Waals surface area contributed by atoms with E-state index in [1.54, 1.807) is 0 Å². The normalized spacial score (nSPS) is 17.5. The fourth-order valence-electron chi connectivity index (χ4n) is 1.99. The van der Waals surface area contributed by atoms with Crippen molar-refractivity contribution >= 4 is 5.91 Å². The molecule has 0 saturated carbocycles. The fourth-order valence-corrected chi connectivity index (χ4v) is 1.99. The standard InChI is InChI=1S/C13H25N3O/c1-4-7-15-8-10-16(11-9-15)13(17)5-6-14-12(2)3/h4,12,14H,1,5-11H2,2-3H3. The van der Waals surface area contributed by atoms with Crippen LogP contribution < -0.4 is 5.32 Å². The lowest BCUT2D eigenvalue weighted by atomic mass is 10.2. The van der Waals surface area contributed by atoms with Gasteiger partial charge < -0.3 is 10.2 Å². The maximum atomic E-state index is 11.9. The SMILES string of the molecule is C=CCN1CCN(C(=O)CCNC(C)C)CC1. The van der Waals surface area contributed by atoms with E-state index in [2.05, 4.69) is 30.6 Å². The molecule has 98 valence electrons. The zero-order chi connectivity index (χ0) is 12.7. The zero-order valence-corrected chi connectivity index (χ0v) is 11.1. The second kappa shape index (κ2) is 7.45. The topological polar surface area (TPSA) is 35.6 Å². The van der Waals surface area contributed by atoms with Crippen molar-refractivity contribution in [3.05, 3.63) is 12.7 Å². The minimum atomic E-state index is 0.274. The third-order valence-electron chi connectivity index (χ3n) is 3.00. The van der Waals surface area contributed by atoms with Crippen molar-refractivity contribution in [3.63, 3.8) is 0 Å². The van der Waals surface area contributed by atoms with Crippen LogP contribution in [0.2, 0.25) is 0 Å². The first-order chi connectivity index (χ1) is 8.13. The summed E-state index contributed by atoms with van der Waals surface area (Å²) >= 11 is 0. The highest BCUT2D eigenvalue weighted by Gasteiger charge is 2.19. The number of rotatable bonds is 6. The Hall–Kier alpha value is -0.870. The number of hydrogen-bond acceptors (Lipinski definition) is 3. The van der Waals surface area contributed by atoms with Crippen molar-refractivity contribution in [2.45, 2.75) is 26.3 Å². The molecule has 0 atom stereocenters. The molecule has 4 nitrogen and oxygen atoms in total. The summed E-state index contributed by atoms with van der Waals surface area (Å²) in [6, 6.07) is 0.451. The third kappa shape index (κ3) is 5.33. The Morgan fingerprint density at radius 2 is 2.00 bits per heavy atom. The van der Waals surface area contributed by atoms with Crippen LogP contribution in [0.25, 0.3) is 0 Å². The Bertz CT molecular complexity index is 245. The van der Waals surface area contributed by atoms with Gasteiger partial charge in [0.15, 0.2) is 0 Å². The lowest BCUT2D eigenvalue weighted by Crippen LogP contribution is -2.49. The Morgan fingerprint density at radius 3 is 2.53 bits per heavy atom. The number of carbonyl (C=O) groups excluding carboxylic acids is 1. The Labute approximate surface area is 105 Å². The molecular formula is C13H25N3O. The number of amides is 1. The van der Waals surface area contributed by atoms with Crippen LogP contribution in [-0.2, 0) is 4.79 Å². The Kier molecular flexibility index (Phi) is 6.22. The summed E-state index contributed by atoms with van der Waals surface area (Å²) < 4.78 is 0. The van der Waals surface area contributed by atoms with Gasteiger partial charge >= 0.3 is 0 Å². The van der Waals surface area contributed by atoms with E-state index in [-0.39, 0.29) is 5.91 Å². The number of carbonyl (C=O) groups is 1. The van der Waals surface area contributed by atoms with Crippen molar-refractivity contribution < 1.29 is 4.79 Å². The maximum absolute atomic E-state index is 11.9. The molecule has 0 aliphatic carbocycles. The average molecular weight is 239 g/mol. The highest BCUT2D eigenvalue weighted by atomic mass is 16.2. The molecule has 1 heterocycles. The summed E-state index contributed by atoms with van der Waals surface area (Å²) in [6.07, 6.45) is 2.53. The van der Waals surface area contributed by atoms with Crippen molar-refractivity contribution in [2.75, 3.05) is 39.3 Å². The summed E-state index contributed by atoms with van der Waals surface area (Å²) in [7, 11) is 0. The first kappa shape index (κ1) is 14.2. The number of piperazine rings is 1. The van der Waals surface area contributed by atoms with Crippen LogP contribution in [0.3, 0.4) is 0 Å². The highest BCUT2D eigenvalue weighted by Crippen LogP contribution is 2.03. The van der Waals surface area contributed by atoms with Crippen LogP contribution >= 0.6 is 0 Å². The summed E-state index contributed by atoms with van der Waals surface area (Å²) in [5, 5.41) is 3.27. The molecule has 17 heavy (non-hydrogen) atoms. The first-order valence-corrected chi connectivity index (χ1v) is 6.48. The molecule has 0 aromatic rings. The van der Waals surface area contributed by atoms with E-state index in [0.29, 0.717) is 12.5 Å². The van der Waals surface area contributed by atoms with Gasteiger partial charge in [0.25, 0.3) is 0 Å². The van der Waals surface area contributed by atoms with Crippen molar-refractivity contribution in [1.82, 2.24) is 15.1 Å². The molecule has 1 fully saturated rings. The van der Waals surface area contributed by atoms with Crippen molar-refractivity contribution in [1.29, 1.82) is 0 Å². The van der Waals surface area contributed by atoms with E-state index in [0.717, 1.165) is 39.3 Å². The van der Waals surface area contributed by atoms with Crippen LogP contribution in [0.15, 0.2) is 12.7 Å². The molecular weight excluding hydrogens is 214 g/mol. The van der Waals surface area contributed by atoms with Gasteiger partial charge in [-0.05, 0) is 0 Å². The number of nitrogens with zero attached hydrogens (tertiary/aromatic N) is 2. The molecule has 1 amide bonds. The van der Waals surface area contributed by atoms with E-state index in [9.17, 15) is 4.79 Å². The molecule has 1 aliphatic rings. The molecule has 1 rings (SSSR count). The average Bonchev–Trinajstić information content (AvgIpc) is 2.30. The number of hydrogen-bond donors (Lipinski definition) is 1. The largest absolute Gasteiger partial charge is 0.340 e. The molecule has 1 N–H and O–H groups in total. The van der Waals surface area contributed by atoms with Crippen LogP contribution in [0.4, 0.5) is 0 Å². The van der Waals surface area contributed by atoms with E-state index >= 15 is 0 Å². The predicted molar refractivity (Wildman–Crippen MR) is 71.0 cm³/mol. The second-order valence-corrected chi connectivity index (χ2v) is 4.83. The molecule has 1 aliphatic heterocycles. The molecule has 1 saturated heterocycles. The van der Waals surface area contributed by atoms with Gasteiger partial charge in [-0.15, -0.1) is 6.58 Å². The maximum Gasteiger partial charge on any atom is 0.223 e. The molecule has 0 bridgehead atoms. The fraction of sp³-hybridized carbons (Fsp3) is 0.769. The van der Waals surface area contributed by atoms with E-state index in [1.165, 1.54) is 0 Å². The van der Waals surface area contributed by atoms with Gasteiger partial charge in [-0.3, -0.25) is 9.69 Å². The second-order valence-electron chi connectivity index (χ2n) is 4.83. The van der Waals surface area contributed by atoms with Crippen LogP contribution in [0.1, 0.15) is 20.3 Å². The lowest BCUT2D eigenvalue weighted by Gasteiger charge is -2.34. The van der Waals surface area contributed by atoms with Crippen LogP contribution in [0, 0.1) is 0 Å². The monoisotopic (exact) mass is 239 g/mol. The molecule has 0 aromatic carbocycles. The van der Waals surface area contributed by atoms with Gasteiger partial charge in [0.2, 0.25) is 5.91 Å². The first-order valence-electron chi connectivity index (χ1n) is 6.48. The van der Waals surface area contributed by atoms with Gasteiger partial charge in [0.05, 0.1) is 0 Å². The third-order valence-corrected chi connectivity index (χ3v) is 3.00. The van der Waals surface area contributed by atoms with Gasteiger partial charge in [0, 0.05) is 51.7 Å². The van der Waals surface area contributed by atoms with E-state index in [4.69, 9.17) is 0 Å². The summed E-state index contributed by atoms with van der Waals surface area (Å²) in [5.41, 5.74) is 0.